The zero-order valence-corrected chi connectivity index (χ0v) is 4.57. The van der Waals surface area contributed by atoms with Gasteiger partial charge in [-0.05, 0) is 29.4 Å². The van der Waals surface area contributed by atoms with Crippen molar-refractivity contribution in [1.82, 2.24) is 0 Å². The van der Waals surface area contributed by atoms with E-state index in [4.69, 9.17) is 0 Å². The maximum absolute atomic E-state index is 10.4. The molecule has 0 aromatic heterocycles. The first-order valence-corrected chi connectivity index (χ1v) is 3.39. The Morgan fingerprint density at radius 2 is 2.57 bits per heavy atom. The highest BCUT2D eigenvalue weighted by atomic mass is 32.2. The van der Waals surface area contributed by atoms with Gasteiger partial charge in [0.15, 0.2) is 0 Å². The van der Waals surface area contributed by atoms with E-state index in [1.807, 2.05) is 0 Å². The van der Waals surface area contributed by atoms with Crippen LogP contribution >= 0.6 is 0 Å². The van der Waals surface area contributed by atoms with Crippen LogP contribution in [0.25, 0.3) is 0 Å². The standard InChI is InChI=1S/C5H5OS/c6-7-4-2-1-3-5-7/h2-4H,5H2. The quantitative estimate of drug-likeness (QED) is 0.422. The molecule has 1 heterocycles. The van der Waals surface area contributed by atoms with Gasteiger partial charge in [-0.25, -0.2) is 0 Å². The maximum atomic E-state index is 10.4. The van der Waals surface area contributed by atoms with E-state index in [0.717, 1.165) is 0 Å². The second kappa shape index (κ2) is 2.19. The molecule has 0 aromatic carbocycles. The third-order valence-corrected chi connectivity index (χ3v) is 1.62. The van der Waals surface area contributed by atoms with Gasteiger partial charge in [-0.1, -0.05) is 0 Å². The van der Waals surface area contributed by atoms with Crippen LogP contribution in [0, 0.1) is 6.08 Å². The Kier molecular flexibility index (Phi) is 1.54. The van der Waals surface area contributed by atoms with E-state index in [1.165, 1.54) is 0 Å². The summed E-state index contributed by atoms with van der Waals surface area (Å²) in [6.07, 6.45) is 6.27. The van der Waals surface area contributed by atoms with Crippen LogP contribution < -0.4 is 0 Å². The van der Waals surface area contributed by atoms with Crippen LogP contribution in [0.15, 0.2) is 17.6 Å². The van der Waals surface area contributed by atoms with Crippen LogP contribution in [0.2, 0.25) is 0 Å². The van der Waals surface area contributed by atoms with Crippen LogP contribution in [0.5, 0.6) is 0 Å². The van der Waals surface area contributed by atoms with Gasteiger partial charge in [-0.3, -0.25) is 0 Å². The summed E-state index contributed by atoms with van der Waals surface area (Å²) in [7, 11) is 0. The molecule has 1 radical (unpaired) electrons. The molecule has 7 heavy (non-hydrogen) atoms. The van der Waals surface area contributed by atoms with Crippen molar-refractivity contribution < 1.29 is 4.55 Å². The predicted molar refractivity (Wildman–Crippen MR) is 30.0 cm³/mol. The van der Waals surface area contributed by atoms with Gasteiger partial charge < -0.3 is 4.55 Å². The Labute approximate surface area is 45.9 Å². The van der Waals surface area contributed by atoms with Crippen molar-refractivity contribution in [3.05, 3.63) is 23.6 Å². The number of hydrogen-bond acceptors (Lipinski definition) is 1. The van der Waals surface area contributed by atoms with Gasteiger partial charge in [0.1, 0.15) is 11.2 Å². The van der Waals surface area contributed by atoms with Gasteiger partial charge in [0, 0.05) is 0 Å². The highest BCUT2D eigenvalue weighted by Crippen LogP contribution is 1.98. The van der Waals surface area contributed by atoms with Gasteiger partial charge in [-0.2, -0.15) is 0 Å². The van der Waals surface area contributed by atoms with Crippen molar-refractivity contribution in [1.29, 1.82) is 0 Å². The molecule has 0 saturated heterocycles. The summed E-state index contributed by atoms with van der Waals surface area (Å²) >= 11 is -0.739. The van der Waals surface area contributed by atoms with Crippen LogP contribution in [-0.4, -0.2) is 10.3 Å². The molecule has 1 rings (SSSR count). The molecule has 2 heteroatoms. The lowest BCUT2D eigenvalue weighted by molar-refractivity contribution is 0.606. The average molecular weight is 113 g/mol. The third kappa shape index (κ3) is 1.37. The van der Waals surface area contributed by atoms with Crippen molar-refractivity contribution in [2.24, 2.45) is 0 Å². The third-order valence-electron chi connectivity index (χ3n) is 0.681. The molecule has 0 aromatic rings. The summed E-state index contributed by atoms with van der Waals surface area (Å²) in [6.45, 7) is 0. The minimum absolute atomic E-state index is 0.635. The lowest BCUT2D eigenvalue weighted by Crippen LogP contribution is -2.00. The highest BCUT2D eigenvalue weighted by Gasteiger charge is 1.97. The van der Waals surface area contributed by atoms with E-state index in [2.05, 4.69) is 6.08 Å². The molecule has 37 valence electrons. The molecule has 0 fully saturated rings. The summed E-state index contributed by atoms with van der Waals surface area (Å²) in [5.41, 5.74) is 0. The number of allylic oxidation sites excluding steroid dienone is 2. The fourth-order valence-corrected chi connectivity index (χ4v) is 0.971. The number of hydrogen-bond donors (Lipinski definition) is 0. The van der Waals surface area contributed by atoms with Gasteiger partial charge in [0.25, 0.3) is 0 Å². The molecular weight excluding hydrogens is 108 g/mol. The summed E-state index contributed by atoms with van der Waals surface area (Å²) < 4.78 is 10.4. The molecule has 1 aliphatic heterocycles. The van der Waals surface area contributed by atoms with Crippen molar-refractivity contribution in [3.8, 4) is 0 Å². The van der Waals surface area contributed by atoms with E-state index in [9.17, 15) is 4.55 Å². The Hall–Kier alpha value is -0.210. The smallest absolute Gasteiger partial charge is 0.129 e. The van der Waals surface area contributed by atoms with Crippen LogP contribution in [0.1, 0.15) is 0 Å². The zero-order valence-electron chi connectivity index (χ0n) is 3.76. The van der Waals surface area contributed by atoms with Crippen molar-refractivity contribution >= 4 is 11.2 Å². The average Bonchev–Trinajstić information content (AvgIpc) is 1.69. The summed E-state index contributed by atoms with van der Waals surface area (Å²) in [6, 6.07) is 0. The largest absolute Gasteiger partial charge is 0.612 e. The first-order chi connectivity index (χ1) is 3.39. The van der Waals surface area contributed by atoms with E-state index in [-0.39, 0.29) is 0 Å². The normalized spacial score (nSPS) is 28.4. The lowest BCUT2D eigenvalue weighted by Gasteiger charge is -2.02. The molecule has 0 aliphatic carbocycles. The Balaban J connectivity index is 2.49. The fraction of sp³-hybridized carbons (Fsp3) is 0.200. The SMILES string of the molecule is [O-][S+]1C=C[C]=CC1. The number of rotatable bonds is 0. The molecule has 1 aliphatic rings. The molecule has 0 spiro atoms. The van der Waals surface area contributed by atoms with Crippen molar-refractivity contribution in [2.45, 2.75) is 0 Å². The predicted octanol–water partition coefficient (Wildman–Crippen LogP) is 0.622. The van der Waals surface area contributed by atoms with Crippen LogP contribution in [0.4, 0.5) is 0 Å². The van der Waals surface area contributed by atoms with E-state index in [1.54, 1.807) is 17.6 Å². The molecule has 1 unspecified atom stereocenters. The minimum Gasteiger partial charge on any atom is -0.612 e. The molecule has 0 amide bonds. The minimum atomic E-state index is -0.739. The van der Waals surface area contributed by atoms with E-state index in [0.29, 0.717) is 5.75 Å². The highest BCUT2D eigenvalue weighted by molar-refractivity contribution is 7.94. The molecule has 1 atom stereocenters. The maximum Gasteiger partial charge on any atom is 0.129 e. The summed E-state index contributed by atoms with van der Waals surface area (Å²) in [4.78, 5) is 0. The monoisotopic (exact) mass is 113 g/mol. The van der Waals surface area contributed by atoms with Crippen LogP contribution in [0.3, 0.4) is 0 Å². The lowest BCUT2D eigenvalue weighted by atomic mass is 10.5. The van der Waals surface area contributed by atoms with Crippen LogP contribution in [-0.2, 0) is 11.2 Å². The van der Waals surface area contributed by atoms with Gasteiger partial charge in [0.05, 0.1) is 0 Å². The molecule has 1 nitrogen and oxygen atoms in total. The molecular formula is C5H5OS. The first kappa shape index (κ1) is 4.94. The zero-order chi connectivity index (χ0) is 5.11. The topological polar surface area (TPSA) is 23.1 Å². The fourth-order valence-electron chi connectivity index (χ4n) is 0.369. The Morgan fingerprint density at radius 1 is 1.71 bits per heavy atom. The summed E-state index contributed by atoms with van der Waals surface area (Å²) in [5.74, 6) is 0.635. The first-order valence-electron chi connectivity index (χ1n) is 2.01. The van der Waals surface area contributed by atoms with Crippen molar-refractivity contribution in [2.75, 3.05) is 5.75 Å². The Bertz CT molecular complexity index is 107. The van der Waals surface area contributed by atoms with Gasteiger partial charge in [-0.15, -0.1) is 0 Å². The second-order valence-electron chi connectivity index (χ2n) is 1.22. The second-order valence-corrected chi connectivity index (χ2v) is 2.59. The molecule has 0 N–H and O–H groups in total. The van der Waals surface area contributed by atoms with Gasteiger partial charge in [0.2, 0.25) is 0 Å². The van der Waals surface area contributed by atoms with E-state index < -0.39 is 11.2 Å². The van der Waals surface area contributed by atoms with Gasteiger partial charge >= 0.3 is 0 Å². The molecule has 0 saturated carbocycles. The van der Waals surface area contributed by atoms with E-state index >= 15 is 0 Å². The van der Waals surface area contributed by atoms with Crippen molar-refractivity contribution in [3.63, 3.8) is 0 Å². The molecule has 0 bridgehead atoms. The summed E-state index contributed by atoms with van der Waals surface area (Å²) in [5, 5.41) is 1.64. The Morgan fingerprint density at radius 3 is 2.86 bits per heavy atom.